The fourth-order valence-electron chi connectivity index (χ4n) is 16.0. The van der Waals surface area contributed by atoms with Crippen LogP contribution in [0.15, 0.2) is 85.2 Å². The summed E-state index contributed by atoms with van der Waals surface area (Å²) in [5.74, 6) is -23.8. The molecule has 15 amide bonds. The van der Waals surface area contributed by atoms with Gasteiger partial charge in [0.15, 0.2) is 5.78 Å². The number of carboxylic acid groups (broad SMARTS) is 3. The highest BCUT2D eigenvalue weighted by atomic mass is 32.2. The van der Waals surface area contributed by atoms with Gasteiger partial charge in [0.2, 0.25) is 88.6 Å². The number of carboxylic acids is 3. The van der Waals surface area contributed by atoms with Crippen LogP contribution in [0.25, 0.3) is 21.8 Å². The van der Waals surface area contributed by atoms with Crippen LogP contribution in [0.5, 0.6) is 5.75 Å². The number of nitrogens with two attached hydrogens (primary N) is 2. The largest absolute Gasteiger partial charge is 0.508 e. The normalized spacial score (nSPS) is 25.2. The van der Waals surface area contributed by atoms with Gasteiger partial charge in [-0.3, -0.25) is 91.1 Å². The molecular weight excluding hydrogens is 1730 g/mol. The Morgan fingerprint density at radius 3 is 1.66 bits per heavy atom. The number of rotatable bonds is 25. The van der Waals surface area contributed by atoms with Gasteiger partial charge in [0.05, 0.1) is 37.5 Å². The quantitative estimate of drug-likeness (QED) is 0.0280. The van der Waals surface area contributed by atoms with Crippen molar-refractivity contribution < 1.29 is 122 Å². The van der Waals surface area contributed by atoms with E-state index in [-0.39, 0.29) is 70.1 Å². The number of ketones is 1. The molecule has 5 aromatic rings. The second kappa shape index (κ2) is 49.1. The summed E-state index contributed by atoms with van der Waals surface area (Å²) in [4.78, 5) is 282. The molecule has 3 aliphatic heterocycles. The van der Waals surface area contributed by atoms with Crippen LogP contribution in [0, 0.1) is 5.92 Å². The maximum atomic E-state index is 15.7. The van der Waals surface area contributed by atoms with Crippen LogP contribution >= 0.6 is 11.8 Å². The number of carbonyl (C=O) groups is 19. The molecule has 0 unspecified atom stereocenters. The molecular formula is C87H118N18O25S. The number of thioether (sulfide) groups is 1. The number of amides is 15. The maximum Gasteiger partial charge on any atom is 0.305 e. The van der Waals surface area contributed by atoms with Crippen LogP contribution in [0.1, 0.15) is 134 Å². The molecule has 0 bridgehead atoms. The smallest absolute Gasteiger partial charge is 0.305 e. The molecule has 0 spiro atoms. The molecule has 0 aliphatic carbocycles. The monoisotopic (exact) mass is 1850 g/mol. The van der Waals surface area contributed by atoms with E-state index in [0.29, 0.717) is 63.1 Å². The first-order valence-electron chi connectivity index (χ1n) is 43.3. The van der Waals surface area contributed by atoms with Gasteiger partial charge in [-0.25, -0.2) is 0 Å². The highest BCUT2D eigenvalue weighted by molar-refractivity contribution is 8.00. The average Bonchev–Trinajstić information content (AvgIpc) is 1.80. The highest BCUT2D eigenvalue weighted by Crippen LogP contribution is 2.30. The van der Waals surface area contributed by atoms with E-state index in [4.69, 9.17) is 11.5 Å². The number of aliphatic hydroxyl groups is 2. The van der Waals surface area contributed by atoms with Crippen molar-refractivity contribution in [2.24, 2.45) is 17.4 Å². The zero-order valence-electron chi connectivity index (χ0n) is 73.7. The molecule has 3 fully saturated rings. The third kappa shape index (κ3) is 28.7. The lowest BCUT2D eigenvalue weighted by molar-refractivity contribution is -0.149. The van der Waals surface area contributed by atoms with Crippen molar-refractivity contribution in [2.75, 3.05) is 65.4 Å². The number of aliphatic carboxylic acids is 3. The lowest BCUT2D eigenvalue weighted by Gasteiger charge is -2.36. The summed E-state index contributed by atoms with van der Waals surface area (Å²) < 4.78 is 0. The molecule has 712 valence electrons. The van der Waals surface area contributed by atoms with Crippen LogP contribution in [-0.4, -0.2) is 327 Å². The number of nitrogens with one attached hydrogen (secondary N) is 11. The zero-order valence-corrected chi connectivity index (χ0v) is 74.5. The number of H-pyrrole nitrogens is 2. The number of nitrogens with zero attached hydrogens (tertiary/aromatic N) is 5. The van der Waals surface area contributed by atoms with E-state index in [9.17, 15) is 88.2 Å². The topological polar surface area (TPSA) is 654 Å². The van der Waals surface area contributed by atoms with Crippen molar-refractivity contribution in [1.82, 2.24) is 82.3 Å². The van der Waals surface area contributed by atoms with Crippen LogP contribution in [0.3, 0.4) is 0 Å². The molecule has 3 aliphatic rings. The number of unbranched alkanes of at least 4 members (excludes halogenated alkanes) is 2. The fraction of sp³-hybridized carbons (Fsp3) is 0.529. The van der Waals surface area contributed by atoms with E-state index in [2.05, 4.69) is 57.8 Å². The van der Waals surface area contributed by atoms with E-state index in [1.807, 2.05) is 0 Å². The molecule has 8 rings (SSSR count). The molecule has 2 aromatic heterocycles. The summed E-state index contributed by atoms with van der Waals surface area (Å²) in [5, 5.41) is 86.3. The van der Waals surface area contributed by atoms with E-state index < -0.39 is 286 Å². The number of hydrogen-bond donors (Lipinski definition) is 19. The van der Waals surface area contributed by atoms with E-state index in [1.54, 1.807) is 74.8 Å². The number of primary amides is 1. The van der Waals surface area contributed by atoms with Crippen molar-refractivity contribution in [3.63, 3.8) is 0 Å². The number of hydrogen-bond acceptors (Lipinski definition) is 24. The number of aromatic nitrogens is 2. The van der Waals surface area contributed by atoms with Crippen molar-refractivity contribution >= 4 is 146 Å². The molecule has 5 heterocycles. The first-order chi connectivity index (χ1) is 62.3. The fourth-order valence-corrected chi connectivity index (χ4v) is 16.9. The SMILES string of the molecule is CCCC[C@H]1C(=O)N(C)[C@@H](CCCC)C(=O)N[C@@H](CCC(=O)O)C(=O)N[C@H](C(=O)NCC(N)=O)CSCC(=O)N[C@@H](Cc2ccc(O)cc2)C(=O)N(C)[C@@H](C)C(=O)N[C@@H](CC(=O)O)C(=O)N2CCC[C@H]2C(=O)N[C@@H](CN)C(=O)N[C@@H](CCC(=O)O)C(=O)N2C[C@H](O)C[C@H]2C(=O)C[C@@H](Cc2c[nH]c3ccccc23)C(=O)N[C@@H](CO)C(=O)N[C@@H](Cc2c[nH]c3ccccc23)C(=O)N1C. The van der Waals surface area contributed by atoms with Crippen molar-refractivity contribution in [3.8, 4) is 5.75 Å². The summed E-state index contributed by atoms with van der Waals surface area (Å²) in [5.41, 5.74) is 14.0. The second-order valence-corrected chi connectivity index (χ2v) is 33.9. The van der Waals surface area contributed by atoms with E-state index in [0.717, 1.165) is 31.5 Å². The molecule has 3 aromatic carbocycles. The number of benzene rings is 3. The number of Topliss-reactive ketones (excluding diaryl/α,β-unsaturated/α-hetero) is 1. The molecule has 43 nitrogen and oxygen atoms in total. The summed E-state index contributed by atoms with van der Waals surface area (Å²) >= 11 is 0.682. The highest BCUT2D eigenvalue weighted by Gasteiger charge is 2.47. The Kier molecular flexibility index (Phi) is 38.7. The number of aromatic hydroxyl groups is 1. The Balaban J connectivity index is 1.19. The number of aromatic amines is 2. The maximum absolute atomic E-state index is 15.7. The summed E-state index contributed by atoms with van der Waals surface area (Å²) in [6.07, 6.45) is -3.12. The molecule has 131 heavy (non-hydrogen) atoms. The molecule has 44 heteroatoms. The van der Waals surface area contributed by atoms with Crippen molar-refractivity contribution in [1.29, 1.82) is 0 Å². The van der Waals surface area contributed by atoms with Gasteiger partial charge >= 0.3 is 17.9 Å². The van der Waals surface area contributed by atoms with Crippen LogP contribution < -0.4 is 59.3 Å². The van der Waals surface area contributed by atoms with Gasteiger partial charge in [0.25, 0.3) is 0 Å². The number of phenols is 1. The minimum absolute atomic E-state index is 0.0610. The summed E-state index contributed by atoms with van der Waals surface area (Å²) in [7, 11) is 3.71. The minimum atomic E-state index is -1.95. The Labute approximate surface area is 757 Å². The number of carbonyl (C=O) groups excluding carboxylic acids is 16. The Bertz CT molecular complexity index is 4990. The van der Waals surface area contributed by atoms with Gasteiger partial charge < -0.3 is 124 Å². The number of likely N-dealkylation sites (N-methyl/N-ethyl adjacent to an activating group) is 3. The predicted molar refractivity (Wildman–Crippen MR) is 471 cm³/mol. The molecule has 3 saturated heterocycles. The Hall–Kier alpha value is -13.1. The molecule has 15 atom stereocenters. The first kappa shape index (κ1) is 103. The van der Waals surface area contributed by atoms with Gasteiger partial charge in [-0.1, -0.05) is 88.1 Å². The van der Waals surface area contributed by atoms with Crippen LogP contribution in [0.2, 0.25) is 0 Å². The lowest BCUT2D eigenvalue weighted by atomic mass is 9.90. The standard InChI is InChI=1S/C87H118N18O25S/c1-7-9-20-65-81(124)94-57(27-29-72(112)113)78(121)100-64(77(120)92-41-70(89)110)44-131-45-71(111)93-59(32-47-23-25-51(107)26-24-47)83(126)101(4)46(3)75(118)96-61(37-74(116)117)86(129)104-31-15-22-66(104)82(125)98-62(38-88)79(122)95-58(28-30-73(114)115)85(128)105-42-52(108)36-68(105)69(109)35-48(33-49-39-90-55-18-13-11-16-53(49)55)76(119)99-63(43-106)80(123)97-60(34-50-40-91-56-19-14-12-17-54(50)56)84(127)103(6)67(21-10-8-2)87(130)102(65)5/h11-14,16-19,23-26,39-40,46,48,52,57-68,90-91,106-108H,7-10,15,20-22,27-38,41-45,88H2,1-6H3,(H2,89,110)(H,92,120)(H,93,111)(H,94,124)(H,95,122)(H,96,118)(H,97,123)(H,98,125)(H,99,119)(H,100,121)(H,112,113)(H,114,115)(H,116,117)/t46-,48+,52+,57-,58-,59-,60-,61-,62-,63-,64-,65-,66-,67-,68-/m0/s1. The second-order valence-electron chi connectivity index (χ2n) is 32.9. The summed E-state index contributed by atoms with van der Waals surface area (Å²) in [6, 6.07) is -2.61. The minimum Gasteiger partial charge on any atom is -0.508 e. The van der Waals surface area contributed by atoms with Gasteiger partial charge in [0.1, 0.15) is 78.3 Å². The van der Waals surface area contributed by atoms with Gasteiger partial charge in [0, 0.05) is 125 Å². The van der Waals surface area contributed by atoms with Crippen LogP contribution in [0.4, 0.5) is 0 Å². The Morgan fingerprint density at radius 1 is 0.534 bits per heavy atom. The van der Waals surface area contributed by atoms with Crippen molar-refractivity contribution in [3.05, 3.63) is 102 Å². The van der Waals surface area contributed by atoms with E-state index in [1.165, 1.54) is 45.3 Å². The van der Waals surface area contributed by atoms with Crippen LogP contribution in [-0.2, 0) is 110 Å². The first-order valence-corrected chi connectivity index (χ1v) is 44.5. The number of aliphatic hydroxyl groups excluding tert-OH is 2. The van der Waals surface area contributed by atoms with Crippen molar-refractivity contribution in [2.45, 2.75) is 221 Å². The molecule has 0 radical (unpaired) electrons. The van der Waals surface area contributed by atoms with Gasteiger partial charge in [-0.2, -0.15) is 0 Å². The predicted octanol–water partition coefficient (Wildman–Crippen LogP) is -2.83. The number of phenolic OH excluding ortho intramolecular Hbond substituents is 1. The van der Waals surface area contributed by atoms with Gasteiger partial charge in [-0.15, -0.1) is 11.8 Å². The average molecular weight is 1850 g/mol. The molecule has 0 saturated carbocycles. The summed E-state index contributed by atoms with van der Waals surface area (Å²) in [6.45, 7) is 1.35. The number of fused-ring (bicyclic) bond motifs is 4. The Morgan fingerprint density at radius 2 is 1.06 bits per heavy atom. The molecule has 21 N–H and O–H groups in total. The van der Waals surface area contributed by atoms with Gasteiger partial charge in [-0.05, 0) is 92.8 Å². The zero-order chi connectivity index (χ0) is 96.2. The number of para-hydroxylation sites is 2. The van der Waals surface area contributed by atoms with E-state index >= 15 is 33.6 Å². The third-order valence-electron chi connectivity index (χ3n) is 23.4. The third-order valence-corrected chi connectivity index (χ3v) is 24.5. The lowest BCUT2D eigenvalue weighted by Crippen LogP contribution is -2.61.